The molecule has 0 amide bonds. The van der Waals surface area contributed by atoms with Crippen LogP contribution in [0.1, 0.15) is 36.1 Å². The van der Waals surface area contributed by atoms with E-state index in [-0.39, 0.29) is 0 Å². The average molecular weight is 865 g/mol. The molecule has 10 aromatic carbocycles. The Kier molecular flexibility index (Phi) is 13.1. The predicted octanol–water partition coefficient (Wildman–Crippen LogP) is 18.7. The van der Waals surface area contributed by atoms with E-state index < -0.39 is 0 Å². The van der Waals surface area contributed by atoms with Crippen LogP contribution >= 0.6 is 0 Å². The monoisotopic (exact) mass is 864 g/mol. The van der Waals surface area contributed by atoms with Crippen LogP contribution in [0.3, 0.4) is 0 Å². The molecule has 67 heavy (non-hydrogen) atoms. The van der Waals surface area contributed by atoms with Gasteiger partial charge in [-0.15, -0.1) is 0 Å². The van der Waals surface area contributed by atoms with E-state index in [4.69, 9.17) is 0 Å². The van der Waals surface area contributed by atoms with E-state index in [1.807, 2.05) is 19.9 Å². The highest BCUT2D eigenvalue weighted by atomic mass is 15.1. The Labute approximate surface area is 396 Å². The molecule has 0 atom stereocenters. The molecule has 0 saturated carbocycles. The summed E-state index contributed by atoms with van der Waals surface area (Å²) in [4.78, 5) is 2.35. The first kappa shape index (κ1) is 44.0. The lowest BCUT2D eigenvalue weighted by molar-refractivity contribution is 1.19. The zero-order chi connectivity index (χ0) is 46.3. The Balaban J connectivity index is 0.000000299. The van der Waals surface area contributed by atoms with Gasteiger partial charge in [0.1, 0.15) is 0 Å². The molecule has 2 nitrogen and oxygen atoms in total. The summed E-state index contributed by atoms with van der Waals surface area (Å²) in [5, 5.41) is 4.93. The maximum Gasteiger partial charge on any atom is 0.0541 e. The minimum atomic E-state index is 1.10. The van der Waals surface area contributed by atoms with Crippen molar-refractivity contribution in [1.29, 1.82) is 0 Å². The fourth-order valence-electron chi connectivity index (χ4n) is 9.06. The van der Waals surface area contributed by atoms with Crippen molar-refractivity contribution in [3.63, 3.8) is 0 Å². The van der Waals surface area contributed by atoms with Crippen molar-refractivity contribution in [1.82, 2.24) is 4.57 Å². The van der Waals surface area contributed by atoms with E-state index in [2.05, 4.69) is 267 Å². The number of anilines is 3. The fourth-order valence-corrected chi connectivity index (χ4v) is 9.06. The van der Waals surface area contributed by atoms with Crippen molar-refractivity contribution < 1.29 is 0 Å². The number of hydrogen-bond donors (Lipinski definition) is 0. The van der Waals surface area contributed by atoms with Gasteiger partial charge in [-0.1, -0.05) is 202 Å². The van der Waals surface area contributed by atoms with Crippen LogP contribution < -0.4 is 4.90 Å². The van der Waals surface area contributed by atoms with E-state index in [1.165, 1.54) is 82.6 Å². The first-order chi connectivity index (χ1) is 32.9. The summed E-state index contributed by atoms with van der Waals surface area (Å²) in [5.74, 6) is 0. The number of hydrogen-bond acceptors (Lipinski definition) is 1. The molecule has 0 aliphatic rings. The van der Waals surface area contributed by atoms with Crippen molar-refractivity contribution in [2.45, 2.75) is 34.6 Å². The van der Waals surface area contributed by atoms with Gasteiger partial charge >= 0.3 is 0 Å². The molecule has 0 unspecified atom stereocenters. The summed E-state index contributed by atoms with van der Waals surface area (Å²) in [5.41, 5.74) is 19.4. The van der Waals surface area contributed by atoms with E-state index >= 15 is 0 Å². The van der Waals surface area contributed by atoms with Gasteiger partial charge < -0.3 is 9.47 Å². The summed E-state index contributed by atoms with van der Waals surface area (Å²) in [6, 6.07) is 83.0. The van der Waals surface area contributed by atoms with Gasteiger partial charge in [-0.25, -0.2) is 0 Å². The highest BCUT2D eigenvalue weighted by Gasteiger charge is 2.16. The maximum absolute atomic E-state index is 3.90. The van der Waals surface area contributed by atoms with Gasteiger partial charge in [0, 0.05) is 33.5 Å². The first-order valence-corrected chi connectivity index (χ1v) is 23.4. The van der Waals surface area contributed by atoms with Gasteiger partial charge in [0.25, 0.3) is 0 Å². The summed E-state index contributed by atoms with van der Waals surface area (Å²) in [7, 11) is 0. The summed E-state index contributed by atoms with van der Waals surface area (Å²) in [6.45, 7) is 14.3. The highest BCUT2D eigenvalue weighted by molar-refractivity contribution is 6.09. The van der Waals surface area contributed by atoms with Crippen molar-refractivity contribution >= 4 is 55.7 Å². The number of para-hydroxylation sites is 2. The molecule has 326 valence electrons. The Bertz CT molecular complexity index is 3350. The molecule has 0 fully saturated rings. The molecular formula is C65H56N2. The average Bonchev–Trinajstić information content (AvgIpc) is 3.73. The molecule has 0 N–H and O–H groups in total. The molecule has 0 aliphatic heterocycles. The van der Waals surface area contributed by atoms with Crippen LogP contribution in [0, 0.1) is 20.8 Å². The first-order valence-electron chi connectivity index (χ1n) is 23.4. The molecule has 11 aromatic rings. The summed E-state index contributed by atoms with van der Waals surface area (Å²) < 4.78 is 2.38. The summed E-state index contributed by atoms with van der Waals surface area (Å²) >= 11 is 0. The second-order valence-corrected chi connectivity index (χ2v) is 16.8. The molecule has 0 bridgehead atoms. The SMILES string of the molecule is C=Cc1ccc(-c2ccc(N(c3ccc(-c4ccc(C)cc4)cc3)c3ccc4cc(-n5c6ccccc6c6ccccc65)ccc4c3)cc2)cc1.CC.Cc1ccccc1-c1ccccc1C. The lowest BCUT2D eigenvalue weighted by Gasteiger charge is -2.26. The Morgan fingerprint density at radius 2 is 0.791 bits per heavy atom. The quantitative estimate of drug-likeness (QED) is 0.148. The van der Waals surface area contributed by atoms with Crippen LogP contribution in [0.4, 0.5) is 17.1 Å². The van der Waals surface area contributed by atoms with Crippen molar-refractivity contribution in [3.05, 3.63) is 259 Å². The van der Waals surface area contributed by atoms with Gasteiger partial charge in [-0.2, -0.15) is 0 Å². The van der Waals surface area contributed by atoms with Gasteiger partial charge in [0.15, 0.2) is 0 Å². The van der Waals surface area contributed by atoms with Gasteiger partial charge in [0.05, 0.1) is 11.0 Å². The normalized spacial score (nSPS) is 10.8. The van der Waals surface area contributed by atoms with Crippen LogP contribution in [0.2, 0.25) is 0 Å². The van der Waals surface area contributed by atoms with E-state index in [0.29, 0.717) is 0 Å². The number of aryl methyl sites for hydroxylation is 3. The third-order valence-corrected chi connectivity index (χ3v) is 12.6. The predicted molar refractivity (Wildman–Crippen MR) is 291 cm³/mol. The molecule has 11 rings (SSSR count). The molecular weight excluding hydrogens is 809 g/mol. The van der Waals surface area contributed by atoms with Crippen LogP contribution in [0.15, 0.2) is 237 Å². The van der Waals surface area contributed by atoms with Crippen LogP contribution in [0.25, 0.3) is 77.7 Å². The Morgan fingerprint density at radius 1 is 0.388 bits per heavy atom. The third-order valence-electron chi connectivity index (χ3n) is 12.6. The molecule has 1 heterocycles. The smallest absolute Gasteiger partial charge is 0.0541 e. The molecule has 0 radical (unpaired) electrons. The van der Waals surface area contributed by atoms with E-state index in [9.17, 15) is 0 Å². The number of aromatic nitrogens is 1. The van der Waals surface area contributed by atoms with Crippen LogP contribution in [-0.2, 0) is 0 Å². The van der Waals surface area contributed by atoms with Crippen molar-refractivity contribution in [2.75, 3.05) is 4.90 Å². The van der Waals surface area contributed by atoms with E-state index in [0.717, 1.165) is 28.3 Å². The largest absolute Gasteiger partial charge is 0.310 e. The molecule has 0 saturated heterocycles. The Hall–Kier alpha value is -8.20. The lowest BCUT2D eigenvalue weighted by Crippen LogP contribution is -2.09. The van der Waals surface area contributed by atoms with Gasteiger partial charge in [0.2, 0.25) is 0 Å². The number of fused-ring (bicyclic) bond motifs is 4. The standard InChI is InChI=1S/C49H36N2.C14H14.C2H6/c1-3-35-14-18-37(19-15-35)39-22-28-43(29-23-39)50(42-26-20-38(21-27-42)36-16-12-34(2)13-17-36)44-30-24-41-33-45(31-25-40(41)32-44)51-48-10-6-4-8-46(48)47-9-5-7-11-49(47)51;1-11-7-3-5-9-13(11)14-10-6-4-8-12(14)2;1-2/h3-33H,1H2,2H3;3-10H,1-2H3;1-2H3. The van der Waals surface area contributed by atoms with Crippen molar-refractivity contribution in [2.24, 2.45) is 0 Å². The minimum absolute atomic E-state index is 1.10. The second-order valence-electron chi connectivity index (χ2n) is 16.8. The van der Waals surface area contributed by atoms with Gasteiger partial charge in [-0.3, -0.25) is 0 Å². The second kappa shape index (κ2) is 19.9. The Morgan fingerprint density at radius 3 is 1.28 bits per heavy atom. The molecule has 2 heteroatoms. The van der Waals surface area contributed by atoms with E-state index in [1.54, 1.807) is 0 Å². The number of nitrogens with zero attached hydrogens (tertiary/aromatic N) is 2. The van der Waals surface area contributed by atoms with Crippen LogP contribution in [0.5, 0.6) is 0 Å². The zero-order valence-electron chi connectivity index (χ0n) is 39.1. The summed E-state index contributed by atoms with van der Waals surface area (Å²) in [6.07, 6.45) is 1.88. The molecule has 0 spiro atoms. The number of benzene rings is 10. The zero-order valence-corrected chi connectivity index (χ0v) is 39.1. The topological polar surface area (TPSA) is 8.17 Å². The maximum atomic E-state index is 3.90. The van der Waals surface area contributed by atoms with Crippen LogP contribution in [-0.4, -0.2) is 4.57 Å². The highest BCUT2D eigenvalue weighted by Crippen LogP contribution is 2.39. The van der Waals surface area contributed by atoms with Gasteiger partial charge in [-0.05, 0) is 142 Å². The lowest BCUT2D eigenvalue weighted by atomic mass is 9.97. The fraction of sp³-hybridized carbons (Fsp3) is 0.0769. The number of rotatable bonds is 8. The third kappa shape index (κ3) is 9.21. The molecule has 1 aromatic heterocycles. The molecule has 0 aliphatic carbocycles. The minimum Gasteiger partial charge on any atom is -0.310 e. The van der Waals surface area contributed by atoms with Crippen molar-refractivity contribution in [3.8, 4) is 39.1 Å².